The highest BCUT2D eigenvalue weighted by atomic mass is 32.2. The van der Waals surface area contributed by atoms with Gasteiger partial charge in [0, 0.05) is 23.7 Å². The Labute approximate surface area is 120 Å². The molecule has 2 unspecified atom stereocenters. The summed E-state index contributed by atoms with van der Waals surface area (Å²) in [4.78, 5) is 0. The number of thioether (sulfide) groups is 1. The van der Waals surface area contributed by atoms with Crippen LogP contribution in [0.15, 0.2) is 18.2 Å². The van der Waals surface area contributed by atoms with Crippen LogP contribution in [0.5, 0.6) is 11.5 Å². The Kier molecular flexibility index (Phi) is 7.10. The van der Waals surface area contributed by atoms with E-state index >= 15 is 0 Å². The Balaban J connectivity index is 2.55. The summed E-state index contributed by atoms with van der Waals surface area (Å²) in [5.74, 6) is 3.31. The number of aromatic hydroxyl groups is 1. The third kappa shape index (κ3) is 5.33. The van der Waals surface area contributed by atoms with Crippen molar-refractivity contribution in [1.29, 1.82) is 0 Å². The number of hydrogen-bond donors (Lipinski definition) is 2. The number of hydrogen-bond acceptors (Lipinski definition) is 4. The van der Waals surface area contributed by atoms with Gasteiger partial charge in [0.25, 0.3) is 0 Å². The summed E-state index contributed by atoms with van der Waals surface area (Å²) in [5.41, 5.74) is 0.913. The zero-order chi connectivity index (χ0) is 14.3. The molecule has 0 bridgehead atoms. The Morgan fingerprint density at radius 3 is 2.68 bits per heavy atom. The second-order valence-electron chi connectivity index (χ2n) is 4.70. The van der Waals surface area contributed by atoms with Crippen molar-refractivity contribution in [2.24, 2.45) is 0 Å². The van der Waals surface area contributed by atoms with Crippen molar-refractivity contribution in [2.75, 3.05) is 18.6 Å². The summed E-state index contributed by atoms with van der Waals surface area (Å²) in [5, 5.41) is 13.5. The fourth-order valence-electron chi connectivity index (χ4n) is 2.02. The molecule has 1 aromatic rings. The quantitative estimate of drug-likeness (QED) is 0.716. The van der Waals surface area contributed by atoms with Crippen molar-refractivity contribution in [3.05, 3.63) is 23.8 Å². The van der Waals surface area contributed by atoms with Crippen LogP contribution in [0.2, 0.25) is 0 Å². The minimum Gasteiger partial charge on any atom is -0.507 e. The highest BCUT2D eigenvalue weighted by Crippen LogP contribution is 2.28. The fourth-order valence-corrected chi connectivity index (χ4v) is 2.83. The number of benzene rings is 1. The van der Waals surface area contributed by atoms with E-state index < -0.39 is 0 Å². The molecule has 3 nitrogen and oxygen atoms in total. The molecule has 2 N–H and O–H groups in total. The molecule has 19 heavy (non-hydrogen) atoms. The Morgan fingerprint density at radius 2 is 2.11 bits per heavy atom. The van der Waals surface area contributed by atoms with Gasteiger partial charge in [0.15, 0.2) is 0 Å². The molecule has 0 radical (unpaired) electrons. The summed E-state index contributed by atoms with van der Waals surface area (Å²) in [7, 11) is 1.60. The number of phenolic OH excluding ortho intramolecular Hbond substituents is 1. The molecule has 0 aliphatic carbocycles. The lowest BCUT2D eigenvalue weighted by molar-refractivity contribution is 0.401. The van der Waals surface area contributed by atoms with E-state index in [9.17, 15) is 5.11 Å². The summed E-state index contributed by atoms with van der Waals surface area (Å²) in [6.45, 7) is 6.44. The van der Waals surface area contributed by atoms with Crippen molar-refractivity contribution >= 4 is 11.8 Å². The lowest BCUT2D eigenvalue weighted by Gasteiger charge is -2.21. The van der Waals surface area contributed by atoms with Crippen LogP contribution in [0.25, 0.3) is 0 Å². The lowest BCUT2D eigenvalue weighted by atomic mass is 10.1. The van der Waals surface area contributed by atoms with Gasteiger partial charge in [0.05, 0.1) is 7.11 Å². The lowest BCUT2D eigenvalue weighted by Crippen LogP contribution is -2.29. The molecule has 0 aliphatic rings. The number of nitrogens with one attached hydrogen (secondary N) is 1. The van der Waals surface area contributed by atoms with Gasteiger partial charge in [-0.3, -0.25) is 0 Å². The first kappa shape index (κ1) is 16.2. The molecule has 0 heterocycles. The molecule has 0 aliphatic heterocycles. The zero-order valence-corrected chi connectivity index (χ0v) is 13.1. The zero-order valence-electron chi connectivity index (χ0n) is 12.3. The fraction of sp³-hybridized carbons (Fsp3) is 0.600. The SMILES string of the molecule is CCSCCC(C)NC(C)c1ccc(OC)cc1O. The van der Waals surface area contributed by atoms with Crippen LogP contribution < -0.4 is 10.1 Å². The van der Waals surface area contributed by atoms with Gasteiger partial charge in [-0.1, -0.05) is 13.0 Å². The molecule has 0 spiro atoms. The molecule has 2 atom stereocenters. The van der Waals surface area contributed by atoms with E-state index in [2.05, 4.69) is 26.1 Å². The number of rotatable bonds is 8. The van der Waals surface area contributed by atoms with Crippen LogP contribution in [0, 0.1) is 0 Å². The normalized spacial score (nSPS) is 14.1. The minimum atomic E-state index is 0.132. The average Bonchev–Trinajstić information content (AvgIpc) is 2.38. The van der Waals surface area contributed by atoms with Gasteiger partial charge in [0.1, 0.15) is 11.5 Å². The number of phenols is 1. The third-order valence-corrected chi connectivity index (χ3v) is 4.07. The molecule has 0 saturated carbocycles. The van der Waals surface area contributed by atoms with Crippen LogP contribution in [-0.2, 0) is 0 Å². The van der Waals surface area contributed by atoms with E-state index in [1.54, 1.807) is 13.2 Å². The van der Waals surface area contributed by atoms with Gasteiger partial charge in [-0.2, -0.15) is 11.8 Å². The Morgan fingerprint density at radius 1 is 1.37 bits per heavy atom. The molecule has 0 fully saturated rings. The summed E-state index contributed by atoms with van der Waals surface area (Å²) < 4.78 is 5.09. The topological polar surface area (TPSA) is 41.5 Å². The predicted molar refractivity (Wildman–Crippen MR) is 83.3 cm³/mol. The van der Waals surface area contributed by atoms with Crippen molar-refractivity contribution < 1.29 is 9.84 Å². The van der Waals surface area contributed by atoms with E-state index in [-0.39, 0.29) is 11.8 Å². The van der Waals surface area contributed by atoms with E-state index in [0.29, 0.717) is 11.8 Å². The minimum absolute atomic E-state index is 0.132. The molecule has 108 valence electrons. The summed E-state index contributed by atoms with van der Waals surface area (Å²) in [6, 6.07) is 6.03. The van der Waals surface area contributed by atoms with Crippen molar-refractivity contribution in [3.8, 4) is 11.5 Å². The first-order chi connectivity index (χ1) is 9.08. The van der Waals surface area contributed by atoms with Gasteiger partial charge in [0.2, 0.25) is 0 Å². The highest BCUT2D eigenvalue weighted by molar-refractivity contribution is 7.99. The molecule has 1 rings (SSSR count). The molecule has 0 saturated heterocycles. The van der Waals surface area contributed by atoms with Crippen LogP contribution in [-0.4, -0.2) is 29.8 Å². The predicted octanol–water partition coefficient (Wildman–Crippen LogP) is 3.58. The van der Waals surface area contributed by atoms with E-state index in [4.69, 9.17) is 4.74 Å². The maximum Gasteiger partial charge on any atom is 0.124 e. The largest absolute Gasteiger partial charge is 0.507 e. The van der Waals surface area contributed by atoms with Gasteiger partial charge in [-0.25, -0.2) is 0 Å². The smallest absolute Gasteiger partial charge is 0.124 e. The van der Waals surface area contributed by atoms with E-state index in [1.807, 2.05) is 23.9 Å². The molecule has 0 amide bonds. The summed E-state index contributed by atoms with van der Waals surface area (Å²) in [6.07, 6.45) is 1.14. The van der Waals surface area contributed by atoms with Crippen molar-refractivity contribution in [3.63, 3.8) is 0 Å². The maximum atomic E-state index is 10.00. The van der Waals surface area contributed by atoms with E-state index in [1.165, 1.54) is 11.5 Å². The van der Waals surface area contributed by atoms with Gasteiger partial charge < -0.3 is 15.2 Å². The standard InChI is InChI=1S/C15H25NO2S/c1-5-19-9-8-11(2)16-12(3)14-7-6-13(18-4)10-15(14)17/h6-7,10-12,16-17H,5,8-9H2,1-4H3. The van der Waals surface area contributed by atoms with Gasteiger partial charge >= 0.3 is 0 Å². The first-order valence-electron chi connectivity index (χ1n) is 6.79. The first-order valence-corrected chi connectivity index (χ1v) is 7.94. The van der Waals surface area contributed by atoms with Crippen LogP contribution >= 0.6 is 11.8 Å². The number of methoxy groups -OCH3 is 1. The monoisotopic (exact) mass is 283 g/mol. The van der Waals surface area contributed by atoms with Crippen molar-refractivity contribution in [2.45, 2.75) is 39.3 Å². The number of ether oxygens (including phenoxy) is 1. The maximum absolute atomic E-state index is 10.00. The summed E-state index contributed by atoms with van der Waals surface area (Å²) >= 11 is 1.96. The molecular formula is C15H25NO2S. The Bertz CT molecular complexity index is 384. The Hall–Kier alpha value is -0.870. The second kappa shape index (κ2) is 8.33. The van der Waals surface area contributed by atoms with Crippen LogP contribution in [0.1, 0.15) is 38.8 Å². The second-order valence-corrected chi connectivity index (χ2v) is 6.09. The molecule has 4 heteroatoms. The van der Waals surface area contributed by atoms with Crippen molar-refractivity contribution in [1.82, 2.24) is 5.32 Å². The van der Waals surface area contributed by atoms with Crippen LogP contribution in [0.4, 0.5) is 0 Å². The average molecular weight is 283 g/mol. The molecule has 0 aromatic heterocycles. The molecular weight excluding hydrogens is 258 g/mol. The third-order valence-electron chi connectivity index (χ3n) is 3.14. The molecule has 1 aromatic carbocycles. The van der Waals surface area contributed by atoms with Gasteiger partial charge in [-0.15, -0.1) is 0 Å². The van der Waals surface area contributed by atoms with Gasteiger partial charge in [-0.05, 0) is 37.8 Å². The highest BCUT2D eigenvalue weighted by Gasteiger charge is 2.13. The van der Waals surface area contributed by atoms with Crippen LogP contribution in [0.3, 0.4) is 0 Å². The van der Waals surface area contributed by atoms with E-state index in [0.717, 1.165) is 12.0 Å².